The zero-order valence-corrected chi connectivity index (χ0v) is 8.81. The second-order valence-electron chi connectivity index (χ2n) is 3.37. The second-order valence-corrected chi connectivity index (χ2v) is 3.37. The molecule has 0 saturated heterocycles. The molecule has 0 aliphatic carbocycles. The molecule has 0 aliphatic heterocycles. The van der Waals surface area contributed by atoms with Gasteiger partial charge < -0.3 is 15.5 Å². The minimum atomic E-state index is -0.624. The Balaban J connectivity index is 2.80. The molecule has 0 fully saturated rings. The number of hydrogen-bond donors (Lipinski definition) is 4. The van der Waals surface area contributed by atoms with Gasteiger partial charge in [0.05, 0.1) is 10.9 Å². The van der Waals surface area contributed by atoms with E-state index in [9.17, 15) is 19.8 Å². The van der Waals surface area contributed by atoms with Crippen LogP contribution in [-0.2, 0) is 0 Å². The summed E-state index contributed by atoms with van der Waals surface area (Å²) < 4.78 is 0. The smallest absolute Gasteiger partial charge is 0.275 e. The zero-order valence-electron chi connectivity index (χ0n) is 8.81. The van der Waals surface area contributed by atoms with E-state index in [1.54, 1.807) is 0 Å². The molecule has 1 aromatic carbocycles. The van der Waals surface area contributed by atoms with Gasteiger partial charge in [-0.25, -0.2) is 0 Å². The van der Waals surface area contributed by atoms with E-state index in [2.05, 4.69) is 15.5 Å². The zero-order chi connectivity index (χ0) is 12.6. The molecular weight excluding hydrogens is 226 g/mol. The van der Waals surface area contributed by atoms with E-state index >= 15 is 0 Å². The van der Waals surface area contributed by atoms with E-state index in [-0.39, 0.29) is 22.3 Å². The number of benzene rings is 1. The van der Waals surface area contributed by atoms with Crippen LogP contribution >= 0.6 is 0 Å². The van der Waals surface area contributed by atoms with Gasteiger partial charge in [-0.3, -0.25) is 14.7 Å². The molecule has 17 heavy (non-hydrogen) atoms. The molecule has 0 radical (unpaired) electrons. The fourth-order valence-corrected chi connectivity index (χ4v) is 1.42. The molecule has 1 heterocycles. The number of hydrogen-bond acceptors (Lipinski definition) is 5. The number of H-pyrrole nitrogens is 1. The fraction of sp³-hybridized carbons (Fsp3) is 0.100. The minimum absolute atomic E-state index is 0.0777. The molecule has 0 saturated carbocycles. The molecule has 0 aliphatic rings. The van der Waals surface area contributed by atoms with Gasteiger partial charge in [0.15, 0.2) is 17.2 Å². The number of fused-ring (bicyclic) bond motifs is 1. The maximum Gasteiger partial charge on any atom is 0.275 e. The van der Waals surface area contributed by atoms with E-state index in [4.69, 9.17) is 0 Å². The van der Waals surface area contributed by atoms with Crippen molar-refractivity contribution in [1.82, 2.24) is 15.5 Å². The number of nitrogens with zero attached hydrogens (tertiary/aromatic N) is 1. The highest BCUT2D eigenvalue weighted by Crippen LogP contribution is 2.27. The Morgan fingerprint density at radius 3 is 2.65 bits per heavy atom. The Bertz CT molecular complexity index is 662. The van der Waals surface area contributed by atoms with E-state index in [0.717, 1.165) is 12.1 Å². The van der Waals surface area contributed by atoms with Gasteiger partial charge in [0.25, 0.3) is 5.91 Å². The van der Waals surface area contributed by atoms with Crippen molar-refractivity contribution in [2.24, 2.45) is 0 Å². The molecule has 7 heteroatoms. The summed E-state index contributed by atoms with van der Waals surface area (Å²) in [6.45, 7) is 0. The molecule has 2 aromatic rings. The number of carbonyl (C=O) groups is 1. The number of amides is 1. The minimum Gasteiger partial charge on any atom is -0.504 e. The molecule has 0 bridgehead atoms. The van der Waals surface area contributed by atoms with Crippen LogP contribution in [0.5, 0.6) is 11.5 Å². The van der Waals surface area contributed by atoms with Crippen molar-refractivity contribution in [1.29, 1.82) is 0 Å². The molecule has 7 nitrogen and oxygen atoms in total. The van der Waals surface area contributed by atoms with Crippen LogP contribution in [0.2, 0.25) is 0 Å². The van der Waals surface area contributed by atoms with Gasteiger partial charge in [0, 0.05) is 13.1 Å². The van der Waals surface area contributed by atoms with Gasteiger partial charge >= 0.3 is 0 Å². The van der Waals surface area contributed by atoms with Crippen LogP contribution in [0.1, 0.15) is 10.5 Å². The summed E-state index contributed by atoms with van der Waals surface area (Å²) in [7, 11) is 1.38. The second kappa shape index (κ2) is 3.78. The highest BCUT2D eigenvalue weighted by molar-refractivity contribution is 5.95. The highest BCUT2D eigenvalue weighted by Gasteiger charge is 2.14. The number of nitrogens with one attached hydrogen (secondary N) is 2. The summed E-state index contributed by atoms with van der Waals surface area (Å²) >= 11 is 0. The van der Waals surface area contributed by atoms with Crippen molar-refractivity contribution in [2.45, 2.75) is 0 Å². The normalized spacial score (nSPS) is 10.4. The Hall–Kier alpha value is -2.57. The molecule has 1 aromatic heterocycles. The van der Waals surface area contributed by atoms with Crippen LogP contribution in [0.25, 0.3) is 10.9 Å². The lowest BCUT2D eigenvalue weighted by atomic mass is 10.2. The first-order chi connectivity index (χ1) is 8.04. The number of aromatic hydroxyl groups is 2. The molecule has 0 unspecified atom stereocenters. The summed E-state index contributed by atoms with van der Waals surface area (Å²) in [6.07, 6.45) is 0. The molecule has 0 spiro atoms. The van der Waals surface area contributed by atoms with E-state index in [1.165, 1.54) is 7.05 Å². The van der Waals surface area contributed by atoms with Crippen molar-refractivity contribution in [3.8, 4) is 11.5 Å². The van der Waals surface area contributed by atoms with Crippen molar-refractivity contribution in [3.63, 3.8) is 0 Å². The van der Waals surface area contributed by atoms with Gasteiger partial charge in [-0.15, -0.1) is 0 Å². The number of carbonyl (C=O) groups excluding carboxylic acids is 1. The van der Waals surface area contributed by atoms with Crippen LogP contribution in [-0.4, -0.2) is 33.4 Å². The first-order valence-electron chi connectivity index (χ1n) is 4.71. The number of aromatic amines is 1. The van der Waals surface area contributed by atoms with Crippen molar-refractivity contribution < 1.29 is 15.0 Å². The van der Waals surface area contributed by atoms with Crippen LogP contribution in [0.4, 0.5) is 0 Å². The van der Waals surface area contributed by atoms with Gasteiger partial charge in [0.2, 0.25) is 5.43 Å². The Kier molecular flexibility index (Phi) is 2.43. The van der Waals surface area contributed by atoms with Crippen molar-refractivity contribution in [2.75, 3.05) is 7.05 Å². The summed E-state index contributed by atoms with van der Waals surface area (Å²) in [4.78, 5) is 23.2. The largest absolute Gasteiger partial charge is 0.504 e. The van der Waals surface area contributed by atoms with Crippen LogP contribution < -0.4 is 10.7 Å². The first kappa shape index (κ1) is 10.9. The van der Waals surface area contributed by atoms with E-state index < -0.39 is 17.1 Å². The number of rotatable bonds is 1. The Morgan fingerprint density at radius 1 is 1.35 bits per heavy atom. The monoisotopic (exact) mass is 235 g/mol. The summed E-state index contributed by atoms with van der Waals surface area (Å²) in [5.41, 5.74) is -0.684. The lowest BCUT2D eigenvalue weighted by Gasteiger charge is -2.03. The maximum absolute atomic E-state index is 11.9. The van der Waals surface area contributed by atoms with Crippen LogP contribution in [0, 0.1) is 0 Å². The Morgan fingerprint density at radius 2 is 2.00 bits per heavy atom. The molecule has 2 rings (SSSR count). The predicted molar refractivity (Wildman–Crippen MR) is 59.1 cm³/mol. The first-order valence-corrected chi connectivity index (χ1v) is 4.71. The quantitative estimate of drug-likeness (QED) is 0.506. The molecule has 4 N–H and O–H groups in total. The topological polar surface area (TPSA) is 115 Å². The van der Waals surface area contributed by atoms with Crippen LogP contribution in [0.15, 0.2) is 16.9 Å². The third kappa shape index (κ3) is 1.67. The number of phenolic OH excluding ortho intramolecular Hbond substituents is 2. The fourth-order valence-electron chi connectivity index (χ4n) is 1.42. The average Bonchev–Trinajstić information content (AvgIpc) is 2.31. The van der Waals surface area contributed by atoms with Gasteiger partial charge in [-0.1, -0.05) is 0 Å². The predicted octanol–water partition coefficient (Wildman–Crippen LogP) is -0.306. The summed E-state index contributed by atoms with van der Waals surface area (Å²) in [6, 6.07) is 2.24. The highest BCUT2D eigenvalue weighted by atomic mass is 16.3. The third-order valence-corrected chi connectivity index (χ3v) is 2.30. The third-order valence-electron chi connectivity index (χ3n) is 2.30. The molecular formula is C10H9N3O4. The number of phenols is 2. The van der Waals surface area contributed by atoms with Gasteiger partial charge in [-0.2, -0.15) is 5.10 Å². The SMILES string of the molecule is CNC(=O)c1n[nH]c2cc(O)c(O)cc2c1=O. The average molecular weight is 235 g/mol. The van der Waals surface area contributed by atoms with Crippen molar-refractivity contribution >= 4 is 16.8 Å². The summed E-state index contributed by atoms with van der Waals surface area (Å²) in [5, 5.41) is 27.0. The molecule has 0 atom stereocenters. The van der Waals surface area contributed by atoms with Gasteiger partial charge in [-0.05, 0) is 6.07 Å². The summed E-state index contributed by atoms with van der Waals surface area (Å²) in [5.74, 6) is -1.43. The van der Waals surface area contributed by atoms with E-state index in [0.29, 0.717) is 0 Å². The Labute approximate surface area is 94.7 Å². The maximum atomic E-state index is 11.9. The van der Waals surface area contributed by atoms with Crippen molar-refractivity contribution in [3.05, 3.63) is 28.0 Å². The van der Waals surface area contributed by atoms with Gasteiger partial charge in [0.1, 0.15) is 0 Å². The molecule has 1 amide bonds. The van der Waals surface area contributed by atoms with Crippen LogP contribution in [0.3, 0.4) is 0 Å². The molecule has 88 valence electrons. The van der Waals surface area contributed by atoms with E-state index in [1.807, 2.05) is 0 Å². The lowest BCUT2D eigenvalue weighted by molar-refractivity contribution is 0.0956. The standard InChI is InChI=1S/C10H9N3O4/c1-11-10(17)8-9(16)4-2-6(14)7(15)3-5(4)12-13-8/h2-3,14-15H,1H3,(H,11,17)(H,12,16). The lowest BCUT2D eigenvalue weighted by Crippen LogP contribution is -2.27. The number of aromatic nitrogens is 2.